The second-order valence-corrected chi connectivity index (χ2v) is 8.41. The van der Waals surface area contributed by atoms with Crippen molar-refractivity contribution in [3.63, 3.8) is 0 Å². The zero-order valence-electron chi connectivity index (χ0n) is 14.7. The van der Waals surface area contributed by atoms with Gasteiger partial charge < -0.3 is 4.74 Å². The summed E-state index contributed by atoms with van der Waals surface area (Å²) in [4.78, 5) is 12.5. The molecule has 0 heterocycles. The maximum Gasteiger partial charge on any atom is 0.306 e. The molecule has 0 unspecified atom stereocenters. The summed E-state index contributed by atoms with van der Waals surface area (Å²) in [6, 6.07) is 6.15. The van der Waals surface area contributed by atoms with Gasteiger partial charge in [0.1, 0.15) is 0 Å². The Hall–Kier alpha value is -1.05. The van der Waals surface area contributed by atoms with Gasteiger partial charge in [0.15, 0.2) is 0 Å². The van der Waals surface area contributed by atoms with Gasteiger partial charge in [-0.1, -0.05) is 6.07 Å². The average Bonchev–Trinajstić information content (AvgIpc) is 2.44. The minimum Gasteiger partial charge on any atom is -0.466 e. The van der Waals surface area contributed by atoms with Gasteiger partial charge in [0.2, 0.25) is 0 Å². The van der Waals surface area contributed by atoms with Crippen LogP contribution in [0.15, 0.2) is 23.1 Å². The predicted octanol–water partition coefficient (Wildman–Crippen LogP) is 3.34. The fourth-order valence-corrected chi connectivity index (χ4v) is 4.00. The van der Waals surface area contributed by atoms with Crippen molar-refractivity contribution in [1.82, 2.24) is 0 Å². The van der Waals surface area contributed by atoms with E-state index in [1.807, 2.05) is 19.1 Å². The zero-order chi connectivity index (χ0) is 18.2. The maximum atomic E-state index is 11.4. The van der Waals surface area contributed by atoms with Crippen molar-refractivity contribution in [2.24, 2.45) is 0 Å². The molecule has 0 amide bonds. The highest BCUT2D eigenvalue weighted by Crippen LogP contribution is 2.23. The average molecular weight is 375 g/mol. The molecule has 0 fully saturated rings. The molecule has 0 aromatic heterocycles. The molecule has 0 saturated carbocycles. The van der Waals surface area contributed by atoms with E-state index < -0.39 is 10.1 Å². The zero-order valence-corrected chi connectivity index (χ0v) is 16.3. The number of carbonyl (C=O) groups excluding carboxylic acids is 1. The Kier molecular flexibility index (Phi) is 8.80. The number of benzene rings is 1. The summed E-state index contributed by atoms with van der Waals surface area (Å²) < 4.78 is 31.9. The largest absolute Gasteiger partial charge is 0.466 e. The number of thioether (sulfide) groups is 1. The summed E-state index contributed by atoms with van der Waals surface area (Å²) in [5.41, 5.74) is 2.28. The van der Waals surface area contributed by atoms with E-state index in [1.165, 1.54) is 0 Å². The van der Waals surface area contributed by atoms with Gasteiger partial charge in [0.05, 0.1) is 19.0 Å². The van der Waals surface area contributed by atoms with E-state index in [0.717, 1.165) is 28.0 Å². The van der Waals surface area contributed by atoms with E-state index in [4.69, 9.17) is 8.92 Å². The molecular weight excluding hydrogens is 348 g/mol. The summed E-state index contributed by atoms with van der Waals surface area (Å²) in [7, 11) is -3.40. The van der Waals surface area contributed by atoms with Gasteiger partial charge in [0.25, 0.3) is 10.1 Å². The molecule has 1 aromatic rings. The molecular formula is C17H26O5S2. The van der Waals surface area contributed by atoms with Crippen molar-refractivity contribution < 1.29 is 22.1 Å². The lowest BCUT2D eigenvalue weighted by Gasteiger charge is -2.11. The molecule has 1 atom stereocenters. The minimum absolute atomic E-state index is 0.171. The second-order valence-electron chi connectivity index (χ2n) is 5.64. The Labute approximate surface area is 149 Å². The summed E-state index contributed by atoms with van der Waals surface area (Å²) in [5.74, 6) is 0.605. The molecule has 24 heavy (non-hydrogen) atoms. The maximum absolute atomic E-state index is 11.4. The number of aryl methyl sites for hydroxylation is 2. The highest BCUT2D eigenvalue weighted by atomic mass is 32.2. The van der Waals surface area contributed by atoms with Crippen LogP contribution in [0.1, 0.15) is 37.8 Å². The highest BCUT2D eigenvalue weighted by Gasteiger charge is 2.10. The Morgan fingerprint density at radius 3 is 2.62 bits per heavy atom. The van der Waals surface area contributed by atoms with Crippen molar-refractivity contribution in [3.8, 4) is 0 Å². The van der Waals surface area contributed by atoms with Gasteiger partial charge in [-0.25, -0.2) is 0 Å². The molecule has 5 nitrogen and oxygen atoms in total. The normalized spacial score (nSPS) is 12.8. The molecule has 0 aliphatic heterocycles. The molecule has 0 saturated heterocycles. The van der Waals surface area contributed by atoms with Gasteiger partial charge >= 0.3 is 5.97 Å². The smallest absolute Gasteiger partial charge is 0.306 e. The Morgan fingerprint density at radius 2 is 2.04 bits per heavy atom. The van der Waals surface area contributed by atoms with Crippen LogP contribution >= 0.6 is 11.8 Å². The molecule has 0 N–H and O–H groups in total. The molecule has 1 aromatic carbocycles. The van der Waals surface area contributed by atoms with Crippen molar-refractivity contribution in [2.75, 3.05) is 18.6 Å². The van der Waals surface area contributed by atoms with Crippen LogP contribution in [0.3, 0.4) is 0 Å². The molecule has 136 valence electrons. The molecule has 0 radical (unpaired) electrons. The molecule has 0 spiro atoms. The number of ether oxygens (including phenoxy) is 1. The number of hydrogen-bond acceptors (Lipinski definition) is 6. The van der Waals surface area contributed by atoms with Crippen molar-refractivity contribution in [2.45, 2.75) is 51.0 Å². The van der Waals surface area contributed by atoms with Gasteiger partial charge in [-0.2, -0.15) is 8.42 Å². The van der Waals surface area contributed by atoms with E-state index in [-0.39, 0.29) is 12.1 Å². The van der Waals surface area contributed by atoms with Crippen LogP contribution in [0.4, 0.5) is 0 Å². The van der Waals surface area contributed by atoms with Gasteiger partial charge in [-0.3, -0.25) is 8.98 Å². The lowest BCUT2D eigenvalue weighted by Crippen LogP contribution is -2.14. The number of rotatable bonds is 10. The van der Waals surface area contributed by atoms with Crippen LogP contribution in [0.5, 0.6) is 0 Å². The first-order valence-electron chi connectivity index (χ1n) is 7.97. The van der Waals surface area contributed by atoms with E-state index in [1.54, 1.807) is 25.6 Å². The quantitative estimate of drug-likeness (QED) is 0.355. The lowest BCUT2D eigenvalue weighted by molar-refractivity contribution is -0.143. The Balaban J connectivity index is 2.45. The minimum atomic E-state index is -3.40. The molecule has 7 heteroatoms. The number of esters is 1. The van der Waals surface area contributed by atoms with Crippen LogP contribution in [-0.2, 0) is 30.3 Å². The fourth-order valence-electron chi connectivity index (χ4n) is 2.20. The summed E-state index contributed by atoms with van der Waals surface area (Å²) >= 11 is 1.66. The summed E-state index contributed by atoms with van der Waals surface area (Å²) in [5, 5.41) is 0. The van der Waals surface area contributed by atoms with E-state index in [9.17, 15) is 13.2 Å². The third kappa shape index (κ3) is 8.70. The monoisotopic (exact) mass is 374 g/mol. The van der Waals surface area contributed by atoms with Crippen molar-refractivity contribution in [3.05, 3.63) is 29.3 Å². The van der Waals surface area contributed by atoms with Crippen LogP contribution in [0, 0.1) is 6.92 Å². The van der Waals surface area contributed by atoms with Gasteiger partial charge in [0, 0.05) is 17.1 Å². The highest BCUT2D eigenvalue weighted by molar-refractivity contribution is 7.99. The number of hydrogen-bond donors (Lipinski definition) is 0. The third-order valence-corrected chi connectivity index (χ3v) is 5.06. The summed E-state index contributed by atoms with van der Waals surface area (Å²) in [6.45, 7) is 6.00. The lowest BCUT2D eigenvalue weighted by atomic mass is 10.0. The fraction of sp³-hybridized carbons (Fsp3) is 0.588. The van der Waals surface area contributed by atoms with Gasteiger partial charge in [-0.05, 0) is 56.9 Å². The predicted molar refractivity (Wildman–Crippen MR) is 96.9 cm³/mol. The molecule has 0 aliphatic rings. The topological polar surface area (TPSA) is 69.7 Å². The van der Waals surface area contributed by atoms with E-state index in [0.29, 0.717) is 25.9 Å². The Morgan fingerprint density at radius 1 is 1.33 bits per heavy atom. The number of carbonyl (C=O) groups is 1. The first-order valence-corrected chi connectivity index (χ1v) is 10.8. The van der Waals surface area contributed by atoms with Crippen molar-refractivity contribution >= 4 is 27.8 Å². The van der Waals surface area contributed by atoms with Gasteiger partial charge in [-0.15, -0.1) is 11.8 Å². The SMILES string of the molecule is CCOC(=O)CCc1ccc(SCC[C@@H](C)OS(C)(=O)=O)cc1C. The molecule has 1 rings (SSSR count). The van der Waals surface area contributed by atoms with Crippen LogP contribution in [0.25, 0.3) is 0 Å². The van der Waals surface area contributed by atoms with E-state index in [2.05, 4.69) is 6.07 Å². The standard InChI is InChI=1S/C17H26O5S2/c1-5-21-17(18)9-7-15-6-8-16(12-13(15)2)23-11-10-14(3)22-24(4,19)20/h6,8,12,14H,5,7,9-11H2,1-4H3/t14-/m1/s1. The molecule has 0 aliphatic carbocycles. The van der Waals surface area contributed by atoms with Crippen molar-refractivity contribution in [1.29, 1.82) is 0 Å². The van der Waals surface area contributed by atoms with Crippen LogP contribution in [-0.4, -0.2) is 39.1 Å². The van der Waals surface area contributed by atoms with Crippen LogP contribution in [0.2, 0.25) is 0 Å². The van der Waals surface area contributed by atoms with E-state index >= 15 is 0 Å². The third-order valence-electron chi connectivity index (χ3n) is 3.35. The summed E-state index contributed by atoms with van der Waals surface area (Å²) in [6.07, 6.45) is 2.46. The first kappa shape index (κ1) is 21.0. The molecule has 0 bridgehead atoms. The second kappa shape index (κ2) is 10.1. The first-order chi connectivity index (χ1) is 11.2. The Bertz CT molecular complexity index is 640. The van der Waals surface area contributed by atoms with Crippen LogP contribution < -0.4 is 0 Å².